The molecule has 0 saturated carbocycles. The standard InChI is InChI=1S/C15H14N2O2/c1-11(7-13-5-6-19-10-13)17-15(18)14-4-2-3-12(8-14)9-16/h2-6,8,10-11H,7H2,1H3,(H,17,18)/t11-/m0/s1. The third kappa shape index (κ3) is 3.46. The second-order valence-electron chi connectivity index (χ2n) is 4.40. The minimum atomic E-state index is -0.173. The fraction of sp³-hybridized carbons (Fsp3) is 0.200. The molecule has 19 heavy (non-hydrogen) atoms. The molecule has 1 amide bonds. The molecule has 0 aliphatic carbocycles. The fourth-order valence-electron chi connectivity index (χ4n) is 1.85. The van der Waals surface area contributed by atoms with Crippen LogP contribution >= 0.6 is 0 Å². The lowest BCUT2D eigenvalue weighted by atomic mass is 10.1. The average molecular weight is 254 g/mol. The van der Waals surface area contributed by atoms with Crippen molar-refractivity contribution in [2.24, 2.45) is 0 Å². The maximum Gasteiger partial charge on any atom is 0.251 e. The SMILES string of the molecule is C[C@@H](Cc1ccoc1)NC(=O)c1cccc(C#N)c1. The van der Waals surface area contributed by atoms with Gasteiger partial charge in [-0.1, -0.05) is 6.07 Å². The van der Waals surface area contributed by atoms with Crippen LogP contribution in [0.3, 0.4) is 0 Å². The Labute approximate surface area is 111 Å². The van der Waals surface area contributed by atoms with E-state index >= 15 is 0 Å². The van der Waals surface area contributed by atoms with Gasteiger partial charge in [-0.2, -0.15) is 5.26 Å². The van der Waals surface area contributed by atoms with Crippen molar-refractivity contribution in [3.63, 3.8) is 0 Å². The van der Waals surface area contributed by atoms with E-state index in [2.05, 4.69) is 5.32 Å². The molecular formula is C15H14N2O2. The van der Waals surface area contributed by atoms with Gasteiger partial charge in [0.05, 0.1) is 24.2 Å². The number of carbonyl (C=O) groups excluding carboxylic acids is 1. The third-order valence-corrected chi connectivity index (χ3v) is 2.75. The summed E-state index contributed by atoms with van der Waals surface area (Å²) in [6, 6.07) is 10.5. The lowest BCUT2D eigenvalue weighted by Crippen LogP contribution is -2.34. The summed E-state index contributed by atoms with van der Waals surface area (Å²) in [5.74, 6) is -0.173. The highest BCUT2D eigenvalue weighted by Gasteiger charge is 2.11. The van der Waals surface area contributed by atoms with E-state index in [9.17, 15) is 4.79 Å². The molecule has 4 heteroatoms. The van der Waals surface area contributed by atoms with Gasteiger partial charge in [0.2, 0.25) is 0 Å². The number of nitriles is 1. The van der Waals surface area contributed by atoms with Gasteiger partial charge in [-0.15, -0.1) is 0 Å². The number of hydrogen-bond acceptors (Lipinski definition) is 3. The van der Waals surface area contributed by atoms with Gasteiger partial charge in [0, 0.05) is 11.6 Å². The second kappa shape index (κ2) is 5.87. The lowest BCUT2D eigenvalue weighted by molar-refractivity contribution is 0.0940. The van der Waals surface area contributed by atoms with Crippen LogP contribution < -0.4 is 5.32 Å². The molecule has 0 aliphatic rings. The van der Waals surface area contributed by atoms with Crippen LogP contribution in [0.15, 0.2) is 47.3 Å². The number of rotatable bonds is 4. The highest BCUT2D eigenvalue weighted by molar-refractivity contribution is 5.94. The van der Waals surface area contributed by atoms with Gasteiger partial charge in [0.15, 0.2) is 0 Å². The lowest BCUT2D eigenvalue weighted by Gasteiger charge is -2.12. The number of nitrogens with zero attached hydrogens (tertiary/aromatic N) is 1. The number of benzene rings is 1. The number of carbonyl (C=O) groups is 1. The van der Waals surface area contributed by atoms with Crippen molar-refractivity contribution in [2.45, 2.75) is 19.4 Å². The minimum Gasteiger partial charge on any atom is -0.472 e. The summed E-state index contributed by atoms with van der Waals surface area (Å²) in [7, 11) is 0. The normalized spacial score (nSPS) is 11.6. The molecule has 1 heterocycles. The topological polar surface area (TPSA) is 66.0 Å². The van der Waals surface area contributed by atoms with Crippen molar-refractivity contribution in [2.75, 3.05) is 0 Å². The van der Waals surface area contributed by atoms with Gasteiger partial charge in [-0.05, 0) is 43.2 Å². The smallest absolute Gasteiger partial charge is 0.251 e. The van der Waals surface area contributed by atoms with Crippen LogP contribution in [0, 0.1) is 11.3 Å². The Morgan fingerprint density at radius 3 is 3.00 bits per heavy atom. The molecule has 0 spiro atoms. The van der Waals surface area contributed by atoms with E-state index in [4.69, 9.17) is 9.68 Å². The van der Waals surface area contributed by atoms with Gasteiger partial charge in [0.1, 0.15) is 0 Å². The zero-order valence-electron chi connectivity index (χ0n) is 10.6. The summed E-state index contributed by atoms with van der Waals surface area (Å²) in [6.45, 7) is 1.93. The molecule has 0 aliphatic heterocycles. The predicted octanol–water partition coefficient (Wildman–Crippen LogP) is 2.51. The molecule has 0 bridgehead atoms. The molecule has 1 aromatic heterocycles. The molecule has 1 atom stereocenters. The van der Waals surface area contributed by atoms with Crippen molar-refractivity contribution >= 4 is 5.91 Å². The first-order chi connectivity index (χ1) is 9.19. The van der Waals surface area contributed by atoms with E-state index in [1.54, 1.807) is 36.8 Å². The zero-order chi connectivity index (χ0) is 13.7. The zero-order valence-corrected chi connectivity index (χ0v) is 10.6. The molecular weight excluding hydrogens is 240 g/mol. The fourth-order valence-corrected chi connectivity index (χ4v) is 1.85. The van der Waals surface area contributed by atoms with Crippen molar-refractivity contribution in [1.82, 2.24) is 5.32 Å². The van der Waals surface area contributed by atoms with E-state index in [-0.39, 0.29) is 11.9 Å². The molecule has 4 nitrogen and oxygen atoms in total. The number of furan rings is 1. The van der Waals surface area contributed by atoms with Crippen LogP contribution in [0.25, 0.3) is 0 Å². The molecule has 1 aromatic carbocycles. The molecule has 0 saturated heterocycles. The summed E-state index contributed by atoms with van der Waals surface area (Å²) < 4.78 is 4.99. The number of nitrogens with one attached hydrogen (secondary N) is 1. The molecule has 0 unspecified atom stereocenters. The first-order valence-corrected chi connectivity index (χ1v) is 6.01. The van der Waals surface area contributed by atoms with E-state index in [0.29, 0.717) is 17.5 Å². The van der Waals surface area contributed by atoms with Crippen LogP contribution in [-0.2, 0) is 6.42 Å². The quantitative estimate of drug-likeness (QED) is 0.911. The summed E-state index contributed by atoms with van der Waals surface area (Å²) in [5.41, 5.74) is 2.02. The van der Waals surface area contributed by atoms with Crippen LogP contribution in [-0.4, -0.2) is 11.9 Å². The van der Waals surface area contributed by atoms with Crippen LogP contribution in [0.2, 0.25) is 0 Å². The van der Waals surface area contributed by atoms with E-state index in [0.717, 1.165) is 5.56 Å². The Hall–Kier alpha value is -2.54. The Morgan fingerprint density at radius 1 is 1.47 bits per heavy atom. The first kappa shape index (κ1) is 12.9. The number of hydrogen-bond donors (Lipinski definition) is 1. The summed E-state index contributed by atoms with van der Waals surface area (Å²) >= 11 is 0. The molecule has 0 radical (unpaired) electrons. The summed E-state index contributed by atoms with van der Waals surface area (Å²) in [5, 5.41) is 11.7. The summed E-state index contributed by atoms with van der Waals surface area (Å²) in [6.07, 6.45) is 3.99. The molecule has 0 fully saturated rings. The predicted molar refractivity (Wildman–Crippen MR) is 70.5 cm³/mol. The molecule has 1 N–H and O–H groups in total. The second-order valence-corrected chi connectivity index (χ2v) is 4.40. The van der Waals surface area contributed by atoms with Crippen molar-refractivity contribution < 1.29 is 9.21 Å². The van der Waals surface area contributed by atoms with E-state index in [1.807, 2.05) is 19.1 Å². The Kier molecular flexibility index (Phi) is 3.99. The monoisotopic (exact) mass is 254 g/mol. The Bertz CT molecular complexity index is 597. The average Bonchev–Trinajstić information content (AvgIpc) is 2.91. The van der Waals surface area contributed by atoms with Crippen molar-refractivity contribution in [3.8, 4) is 6.07 Å². The van der Waals surface area contributed by atoms with Gasteiger partial charge in [0.25, 0.3) is 5.91 Å². The van der Waals surface area contributed by atoms with Crippen LogP contribution in [0.5, 0.6) is 0 Å². The van der Waals surface area contributed by atoms with Gasteiger partial charge >= 0.3 is 0 Å². The first-order valence-electron chi connectivity index (χ1n) is 6.01. The molecule has 96 valence electrons. The van der Waals surface area contributed by atoms with Gasteiger partial charge in [-0.25, -0.2) is 0 Å². The Balaban J connectivity index is 1.98. The summed E-state index contributed by atoms with van der Waals surface area (Å²) in [4.78, 5) is 12.0. The highest BCUT2D eigenvalue weighted by Crippen LogP contribution is 2.07. The van der Waals surface area contributed by atoms with Crippen LogP contribution in [0.4, 0.5) is 0 Å². The van der Waals surface area contributed by atoms with Crippen molar-refractivity contribution in [1.29, 1.82) is 5.26 Å². The maximum absolute atomic E-state index is 12.0. The number of amides is 1. The Morgan fingerprint density at radius 2 is 2.32 bits per heavy atom. The van der Waals surface area contributed by atoms with Gasteiger partial charge in [-0.3, -0.25) is 4.79 Å². The van der Waals surface area contributed by atoms with Crippen molar-refractivity contribution in [3.05, 3.63) is 59.5 Å². The van der Waals surface area contributed by atoms with Gasteiger partial charge < -0.3 is 9.73 Å². The minimum absolute atomic E-state index is 0.00385. The largest absolute Gasteiger partial charge is 0.472 e. The van der Waals surface area contributed by atoms with Crippen LogP contribution in [0.1, 0.15) is 28.4 Å². The molecule has 2 aromatic rings. The highest BCUT2D eigenvalue weighted by atomic mass is 16.3. The van der Waals surface area contributed by atoms with E-state index in [1.165, 1.54) is 0 Å². The third-order valence-electron chi connectivity index (χ3n) is 2.75. The van der Waals surface area contributed by atoms with E-state index < -0.39 is 0 Å². The maximum atomic E-state index is 12.0. The molecule has 2 rings (SSSR count).